The molecule has 9 heteroatoms. The highest BCUT2D eigenvalue weighted by molar-refractivity contribution is 5.88. The Morgan fingerprint density at radius 1 is 1.39 bits per heavy atom. The van der Waals surface area contributed by atoms with Crippen LogP contribution in [0.3, 0.4) is 0 Å². The maximum Gasteiger partial charge on any atom is 0.311 e. The van der Waals surface area contributed by atoms with Gasteiger partial charge in [0.1, 0.15) is 5.76 Å². The summed E-state index contributed by atoms with van der Waals surface area (Å²) < 4.78 is 10.0. The van der Waals surface area contributed by atoms with Gasteiger partial charge in [-0.2, -0.15) is 0 Å². The van der Waals surface area contributed by atoms with E-state index in [1.54, 1.807) is 12.1 Å². The van der Waals surface area contributed by atoms with Crippen LogP contribution >= 0.6 is 0 Å². The number of hydrogen-bond donors (Lipinski definition) is 2. The lowest BCUT2D eigenvalue weighted by Crippen LogP contribution is -2.42. The van der Waals surface area contributed by atoms with Crippen molar-refractivity contribution in [2.24, 2.45) is 5.92 Å². The molecule has 0 aromatic carbocycles. The van der Waals surface area contributed by atoms with Crippen LogP contribution in [0.15, 0.2) is 22.8 Å². The quantitative estimate of drug-likeness (QED) is 0.548. The zero-order valence-corrected chi connectivity index (χ0v) is 12.5. The van der Waals surface area contributed by atoms with Crippen molar-refractivity contribution in [3.05, 3.63) is 24.2 Å². The molecule has 2 rings (SSSR count). The average Bonchev–Trinajstić information content (AvgIpc) is 3.13. The second-order valence-electron chi connectivity index (χ2n) is 5.09. The minimum Gasteiger partial charge on any atom is -0.467 e. The topological polar surface area (TPSA) is 118 Å². The molecule has 0 unspecified atom stereocenters. The highest BCUT2D eigenvalue weighted by atomic mass is 16.5. The summed E-state index contributed by atoms with van der Waals surface area (Å²) in [4.78, 5) is 47.2. The highest BCUT2D eigenvalue weighted by Crippen LogP contribution is 2.21. The first-order chi connectivity index (χ1) is 11.0. The molecule has 1 aliphatic heterocycles. The van der Waals surface area contributed by atoms with Gasteiger partial charge in [-0.1, -0.05) is 0 Å². The number of likely N-dealkylation sites (tertiary alicyclic amines) is 1. The van der Waals surface area contributed by atoms with Crippen molar-refractivity contribution < 1.29 is 28.3 Å². The van der Waals surface area contributed by atoms with Gasteiger partial charge >= 0.3 is 5.97 Å². The third kappa shape index (κ3) is 4.83. The fraction of sp³-hybridized carbons (Fsp3) is 0.429. The molecule has 0 spiro atoms. The summed E-state index contributed by atoms with van der Waals surface area (Å²) in [5.74, 6) is -1.90. The van der Waals surface area contributed by atoms with Crippen LogP contribution in [0, 0.1) is 5.92 Å². The Morgan fingerprint density at radius 2 is 2.17 bits per heavy atom. The maximum absolute atomic E-state index is 11.9. The van der Waals surface area contributed by atoms with Crippen LogP contribution in [0.1, 0.15) is 19.1 Å². The zero-order chi connectivity index (χ0) is 16.8. The normalized spacial score (nSPS) is 17.0. The van der Waals surface area contributed by atoms with E-state index < -0.39 is 30.3 Å². The SMILES string of the molecule is CC(=O)NNC(=O)COC(=O)[C@H]1CC(=O)N(Cc2ccco2)C1. The second kappa shape index (κ2) is 7.43. The standard InChI is InChI=1S/C14H17N3O6/c1-9(18)15-16-12(19)8-23-14(21)10-5-13(20)17(6-10)7-11-3-2-4-22-11/h2-4,10H,5-8H2,1H3,(H,15,18)(H,16,19)/t10-/m0/s1. The number of hydrogen-bond acceptors (Lipinski definition) is 6. The van der Waals surface area contributed by atoms with E-state index in [1.807, 2.05) is 0 Å². The molecular formula is C14H17N3O6. The highest BCUT2D eigenvalue weighted by Gasteiger charge is 2.35. The smallest absolute Gasteiger partial charge is 0.311 e. The van der Waals surface area contributed by atoms with Crippen molar-refractivity contribution in [3.63, 3.8) is 0 Å². The van der Waals surface area contributed by atoms with Crippen molar-refractivity contribution in [1.29, 1.82) is 0 Å². The summed E-state index contributed by atoms with van der Waals surface area (Å²) in [6.07, 6.45) is 1.54. The summed E-state index contributed by atoms with van der Waals surface area (Å²) >= 11 is 0. The lowest BCUT2D eigenvalue weighted by atomic mass is 10.1. The van der Waals surface area contributed by atoms with Gasteiger partial charge in [-0.15, -0.1) is 0 Å². The minimum atomic E-state index is -0.662. The van der Waals surface area contributed by atoms with Gasteiger partial charge < -0.3 is 14.1 Å². The fourth-order valence-corrected chi connectivity index (χ4v) is 2.12. The molecular weight excluding hydrogens is 306 g/mol. The van der Waals surface area contributed by atoms with E-state index in [9.17, 15) is 19.2 Å². The molecule has 1 aliphatic rings. The molecule has 9 nitrogen and oxygen atoms in total. The van der Waals surface area contributed by atoms with E-state index in [-0.39, 0.29) is 18.9 Å². The second-order valence-corrected chi connectivity index (χ2v) is 5.09. The van der Waals surface area contributed by atoms with Gasteiger partial charge in [0.2, 0.25) is 11.8 Å². The van der Waals surface area contributed by atoms with Gasteiger partial charge in [0.05, 0.1) is 18.7 Å². The summed E-state index contributed by atoms with van der Waals surface area (Å²) in [6, 6.07) is 3.46. The Labute approximate surface area is 131 Å². The molecule has 1 aromatic heterocycles. The van der Waals surface area contributed by atoms with E-state index in [4.69, 9.17) is 9.15 Å². The molecule has 0 aliphatic carbocycles. The van der Waals surface area contributed by atoms with Crippen LogP contribution in [0.2, 0.25) is 0 Å². The third-order valence-corrected chi connectivity index (χ3v) is 3.20. The lowest BCUT2D eigenvalue weighted by molar-refractivity contribution is -0.152. The van der Waals surface area contributed by atoms with Crippen molar-refractivity contribution in [1.82, 2.24) is 15.8 Å². The lowest BCUT2D eigenvalue weighted by Gasteiger charge is -2.14. The van der Waals surface area contributed by atoms with Crippen LogP contribution in [-0.4, -0.2) is 41.7 Å². The molecule has 23 heavy (non-hydrogen) atoms. The van der Waals surface area contributed by atoms with Crippen LogP contribution in [0.4, 0.5) is 0 Å². The van der Waals surface area contributed by atoms with Gasteiger partial charge in [0.25, 0.3) is 5.91 Å². The van der Waals surface area contributed by atoms with E-state index in [0.717, 1.165) is 0 Å². The predicted octanol–water partition coefficient (Wildman–Crippen LogP) is -0.661. The first kappa shape index (κ1) is 16.5. The van der Waals surface area contributed by atoms with E-state index in [0.29, 0.717) is 12.3 Å². The largest absolute Gasteiger partial charge is 0.467 e. The van der Waals surface area contributed by atoms with E-state index in [1.165, 1.54) is 18.1 Å². The number of ether oxygens (including phenoxy) is 1. The fourth-order valence-electron chi connectivity index (χ4n) is 2.12. The van der Waals surface area contributed by atoms with Crippen molar-refractivity contribution in [3.8, 4) is 0 Å². The first-order valence-electron chi connectivity index (χ1n) is 6.98. The monoisotopic (exact) mass is 323 g/mol. The summed E-state index contributed by atoms with van der Waals surface area (Å²) in [7, 11) is 0. The summed E-state index contributed by atoms with van der Waals surface area (Å²) in [6.45, 7) is 1.20. The molecule has 2 N–H and O–H groups in total. The molecule has 1 aromatic rings. The van der Waals surface area contributed by atoms with Crippen LogP contribution < -0.4 is 10.9 Å². The van der Waals surface area contributed by atoms with Crippen molar-refractivity contribution in [2.75, 3.05) is 13.2 Å². The Balaban J connectivity index is 1.76. The third-order valence-electron chi connectivity index (χ3n) is 3.20. The summed E-state index contributed by atoms with van der Waals surface area (Å²) in [5, 5.41) is 0. The molecule has 1 saturated heterocycles. The molecule has 0 saturated carbocycles. The molecule has 124 valence electrons. The number of carbonyl (C=O) groups is 4. The van der Waals surface area contributed by atoms with Crippen molar-refractivity contribution in [2.45, 2.75) is 19.9 Å². The first-order valence-corrected chi connectivity index (χ1v) is 6.98. The van der Waals surface area contributed by atoms with Crippen LogP contribution in [0.25, 0.3) is 0 Å². The minimum absolute atomic E-state index is 0.0346. The Hall–Kier alpha value is -2.84. The van der Waals surface area contributed by atoms with E-state index >= 15 is 0 Å². The number of nitrogens with zero attached hydrogens (tertiary/aromatic N) is 1. The molecule has 0 radical (unpaired) electrons. The van der Waals surface area contributed by atoms with Gasteiger partial charge in [0, 0.05) is 19.9 Å². The number of furan rings is 1. The summed E-state index contributed by atoms with van der Waals surface area (Å²) in [5.41, 5.74) is 4.14. The van der Waals surface area contributed by atoms with Gasteiger partial charge in [0.15, 0.2) is 6.61 Å². The zero-order valence-electron chi connectivity index (χ0n) is 12.5. The number of esters is 1. The number of hydrazine groups is 1. The molecule has 2 heterocycles. The maximum atomic E-state index is 11.9. The molecule has 3 amide bonds. The number of rotatable bonds is 5. The van der Waals surface area contributed by atoms with Gasteiger partial charge in [-0.25, -0.2) is 0 Å². The predicted molar refractivity (Wildman–Crippen MR) is 75.2 cm³/mol. The number of amides is 3. The van der Waals surface area contributed by atoms with Crippen LogP contribution in [0.5, 0.6) is 0 Å². The van der Waals surface area contributed by atoms with Crippen LogP contribution in [-0.2, 0) is 30.5 Å². The molecule has 1 fully saturated rings. The Bertz CT molecular complexity index is 598. The molecule has 1 atom stereocenters. The Kier molecular flexibility index (Phi) is 5.34. The molecule has 0 bridgehead atoms. The Morgan fingerprint density at radius 3 is 2.83 bits per heavy atom. The van der Waals surface area contributed by atoms with Gasteiger partial charge in [-0.05, 0) is 12.1 Å². The van der Waals surface area contributed by atoms with E-state index in [2.05, 4.69) is 10.9 Å². The average molecular weight is 323 g/mol. The number of nitrogens with one attached hydrogen (secondary N) is 2. The van der Waals surface area contributed by atoms with Gasteiger partial charge in [-0.3, -0.25) is 30.0 Å². The number of carbonyl (C=O) groups excluding carboxylic acids is 4. The van der Waals surface area contributed by atoms with Crippen molar-refractivity contribution >= 4 is 23.7 Å².